The maximum absolute atomic E-state index is 4.00. The lowest BCUT2D eigenvalue weighted by atomic mass is 9.84. The van der Waals surface area contributed by atoms with E-state index in [0.717, 1.165) is 6.42 Å². The molecule has 8 aromatic carbocycles. The summed E-state index contributed by atoms with van der Waals surface area (Å²) < 4.78 is 2.63. The van der Waals surface area contributed by atoms with E-state index in [2.05, 4.69) is 197 Å². The zero-order valence-corrected chi connectivity index (χ0v) is 29.2. The number of rotatable bonds is 4. The third-order valence-corrected chi connectivity index (χ3v) is 11.6. The molecule has 1 aromatic heterocycles. The first kappa shape index (κ1) is 30.2. The van der Waals surface area contributed by atoms with Crippen LogP contribution in [0.25, 0.3) is 59.7 Å². The first-order valence-electron chi connectivity index (χ1n) is 18.7. The van der Waals surface area contributed by atoms with Crippen molar-refractivity contribution in [1.82, 2.24) is 15.2 Å². The summed E-state index contributed by atoms with van der Waals surface area (Å²) >= 11 is 0. The number of fused-ring (bicyclic) bond motifs is 9. The summed E-state index contributed by atoms with van der Waals surface area (Å²) in [5.41, 5.74) is 10.1. The number of nitrogens with one attached hydrogen (secondary N) is 2. The molecule has 2 heterocycles. The van der Waals surface area contributed by atoms with Crippen molar-refractivity contribution in [1.29, 1.82) is 0 Å². The number of aromatic nitrogens is 1. The lowest BCUT2D eigenvalue weighted by Crippen LogP contribution is -2.40. The SMILES string of the molecule is C1=C(C2=CCC(n3c4ccc5ccccc5c4c4c5ccccc5ccc43)c3ccccc32)NC(c2cccc3ccccc23)NC1c1ccccc1. The van der Waals surface area contributed by atoms with E-state index in [0.29, 0.717) is 0 Å². The second-order valence-corrected chi connectivity index (χ2v) is 14.5. The molecule has 0 saturated heterocycles. The lowest BCUT2D eigenvalue weighted by molar-refractivity contribution is 0.425. The fourth-order valence-corrected chi connectivity index (χ4v) is 9.24. The number of allylic oxidation sites excluding steroid dienone is 2. The molecule has 3 heteroatoms. The molecule has 3 atom stereocenters. The lowest BCUT2D eigenvalue weighted by Gasteiger charge is -2.36. The van der Waals surface area contributed by atoms with Gasteiger partial charge >= 0.3 is 0 Å². The normalized spacial score (nSPS) is 18.6. The van der Waals surface area contributed by atoms with Crippen molar-refractivity contribution in [3.8, 4) is 0 Å². The molecular formula is C50H37N3. The van der Waals surface area contributed by atoms with E-state index < -0.39 is 0 Å². The maximum atomic E-state index is 4.00. The highest BCUT2D eigenvalue weighted by Crippen LogP contribution is 2.46. The fourth-order valence-electron chi connectivity index (χ4n) is 9.24. The van der Waals surface area contributed by atoms with Crippen LogP contribution in [0.4, 0.5) is 0 Å². The van der Waals surface area contributed by atoms with Crippen molar-refractivity contribution in [2.75, 3.05) is 0 Å². The fraction of sp³-hybridized carbons (Fsp3) is 0.0800. The molecule has 3 unspecified atom stereocenters. The second kappa shape index (κ2) is 12.1. The van der Waals surface area contributed by atoms with E-state index in [1.807, 2.05) is 0 Å². The van der Waals surface area contributed by atoms with E-state index in [1.54, 1.807) is 0 Å². The molecule has 11 rings (SSSR count). The van der Waals surface area contributed by atoms with Gasteiger partial charge in [-0.15, -0.1) is 0 Å². The quantitative estimate of drug-likeness (QED) is 0.194. The standard InChI is InChI=1S/C50H37N3/c1-2-16-35(17-3-1)43-31-44(52-50(51-43)42-24-12-18-32-13-4-7-19-36(32)42)40-27-30-45(41-23-11-10-22-39(40)41)53-46-28-25-33-14-5-8-20-37(33)48(46)49-38-21-9-6-15-34(38)26-29-47(49)53/h1-29,31,43,45,50-52H,30H2. The molecule has 2 N–H and O–H groups in total. The molecule has 0 radical (unpaired) electrons. The van der Waals surface area contributed by atoms with Crippen LogP contribution in [-0.4, -0.2) is 4.57 Å². The van der Waals surface area contributed by atoms with E-state index in [9.17, 15) is 0 Å². The first-order valence-corrected chi connectivity index (χ1v) is 18.7. The van der Waals surface area contributed by atoms with Gasteiger partial charge in [0.05, 0.1) is 23.1 Å². The summed E-state index contributed by atoms with van der Waals surface area (Å²) in [7, 11) is 0. The van der Waals surface area contributed by atoms with Crippen molar-refractivity contribution in [2.45, 2.75) is 24.7 Å². The molecule has 1 aliphatic carbocycles. The highest BCUT2D eigenvalue weighted by molar-refractivity contribution is 6.28. The van der Waals surface area contributed by atoms with E-state index >= 15 is 0 Å². The van der Waals surface area contributed by atoms with Gasteiger partial charge in [0.1, 0.15) is 6.17 Å². The molecule has 9 aromatic rings. The Morgan fingerprint density at radius 3 is 1.77 bits per heavy atom. The summed E-state index contributed by atoms with van der Waals surface area (Å²) in [6.45, 7) is 0. The molecule has 2 aliphatic rings. The molecule has 53 heavy (non-hydrogen) atoms. The van der Waals surface area contributed by atoms with Crippen LogP contribution in [0.15, 0.2) is 188 Å². The summed E-state index contributed by atoms with van der Waals surface area (Å²) in [5, 5.41) is 18.3. The number of nitrogens with zero attached hydrogens (tertiary/aromatic N) is 1. The van der Waals surface area contributed by atoms with Gasteiger partial charge in [-0.05, 0) is 79.2 Å². The van der Waals surface area contributed by atoms with Crippen LogP contribution in [0, 0.1) is 0 Å². The van der Waals surface area contributed by atoms with Gasteiger partial charge in [-0.25, -0.2) is 0 Å². The molecule has 0 fully saturated rings. The van der Waals surface area contributed by atoms with Crippen molar-refractivity contribution < 1.29 is 0 Å². The summed E-state index contributed by atoms with van der Waals surface area (Å²) in [5.74, 6) is 0. The summed E-state index contributed by atoms with van der Waals surface area (Å²) in [6, 6.07) is 62.4. The Hall–Kier alpha value is -6.42. The van der Waals surface area contributed by atoms with Gasteiger partial charge in [-0.3, -0.25) is 5.32 Å². The van der Waals surface area contributed by atoms with Gasteiger partial charge in [-0.1, -0.05) is 164 Å². The highest BCUT2D eigenvalue weighted by Gasteiger charge is 2.31. The Labute approximate surface area is 308 Å². The molecule has 0 amide bonds. The van der Waals surface area contributed by atoms with Gasteiger partial charge in [0, 0.05) is 22.0 Å². The van der Waals surface area contributed by atoms with Crippen LogP contribution >= 0.6 is 0 Å². The molecular weight excluding hydrogens is 643 g/mol. The average molecular weight is 680 g/mol. The smallest absolute Gasteiger partial charge is 0.105 e. The Bertz CT molecular complexity index is 2850. The van der Waals surface area contributed by atoms with Crippen molar-refractivity contribution in [3.63, 3.8) is 0 Å². The molecule has 0 spiro atoms. The largest absolute Gasteiger partial charge is 0.366 e. The van der Waals surface area contributed by atoms with Gasteiger partial charge in [-0.2, -0.15) is 0 Å². The molecule has 1 aliphatic heterocycles. The zero-order valence-electron chi connectivity index (χ0n) is 29.2. The number of benzene rings is 8. The van der Waals surface area contributed by atoms with Gasteiger partial charge in [0.2, 0.25) is 0 Å². The van der Waals surface area contributed by atoms with E-state index in [1.165, 1.54) is 87.6 Å². The van der Waals surface area contributed by atoms with Crippen LogP contribution in [0.5, 0.6) is 0 Å². The Morgan fingerprint density at radius 2 is 1.06 bits per heavy atom. The Morgan fingerprint density at radius 1 is 0.491 bits per heavy atom. The third-order valence-electron chi connectivity index (χ3n) is 11.6. The summed E-state index contributed by atoms with van der Waals surface area (Å²) in [4.78, 5) is 0. The van der Waals surface area contributed by atoms with Crippen molar-refractivity contribution in [2.24, 2.45) is 0 Å². The second-order valence-electron chi connectivity index (χ2n) is 14.5. The predicted octanol–water partition coefficient (Wildman–Crippen LogP) is 12.1. The average Bonchev–Trinajstić information content (AvgIpc) is 3.58. The third kappa shape index (κ3) is 4.78. The van der Waals surface area contributed by atoms with Crippen LogP contribution in [0.3, 0.4) is 0 Å². The van der Waals surface area contributed by atoms with Gasteiger partial charge < -0.3 is 9.88 Å². The van der Waals surface area contributed by atoms with E-state index in [-0.39, 0.29) is 18.2 Å². The molecule has 0 bridgehead atoms. The maximum Gasteiger partial charge on any atom is 0.105 e. The number of hydrogen-bond acceptors (Lipinski definition) is 2. The zero-order chi connectivity index (χ0) is 34.9. The minimum atomic E-state index is -0.0732. The van der Waals surface area contributed by atoms with Gasteiger partial charge in [0.15, 0.2) is 0 Å². The van der Waals surface area contributed by atoms with Crippen LogP contribution in [-0.2, 0) is 0 Å². The van der Waals surface area contributed by atoms with Crippen LogP contribution in [0.1, 0.15) is 46.9 Å². The molecule has 0 saturated carbocycles. The summed E-state index contributed by atoms with van der Waals surface area (Å²) in [6.07, 6.45) is 5.68. The number of hydrogen-bond donors (Lipinski definition) is 2. The molecule has 252 valence electrons. The van der Waals surface area contributed by atoms with Crippen LogP contribution < -0.4 is 10.6 Å². The van der Waals surface area contributed by atoms with Gasteiger partial charge in [0.25, 0.3) is 0 Å². The van der Waals surface area contributed by atoms with Crippen LogP contribution in [0.2, 0.25) is 0 Å². The Kier molecular flexibility index (Phi) is 6.89. The highest BCUT2D eigenvalue weighted by atomic mass is 15.2. The minimum Gasteiger partial charge on any atom is -0.366 e. The van der Waals surface area contributed by atoms with E-state index in [4.69, 9.17) is 0 Å². The van der Waals surface area contributed by atoms with Crippen molar-refractivity contribution >= 4 is 59.7 Å². The predicted molar refractivity (Wildman–Crippen MR) is 222 cm³/mol. The Balaban J connectivity index is 1.09. The minimum absolute atomic E-state index is 0.0427. The van der Waals surface area contributed by atoms with Crippen molar-refractivity contribution in [3.05, 3.63) is 210 Å². The monoisotopic (exact) mass is 679 g/mol. The first-order chi connectivity index (χ1) is 26.3. The topological polar surface area (TPSA) is 29.0 Å². The molecule has 3 nitrogen and oxygen atoms in total.